The van der Waals surface area contributed by atoms with Gasteiger partial charge in [-0.05, 0) is 69.3 Å². The quantitative estimate of drug-likeness (QED) is 0.343. The van der Waals surface area contributed by atoms with E-state index in [0.29, 0.717) is 0 Å². The van der Waals surface area contributed by atoms with Crippen molar-refractivity contribution in [1.29, 1.82) is 0 Å². The van der Waals surface area contributed by atoms with Crippen LogP contribution >= 0.6 is 0 Å². The van der Waals surface area contributed by atoms with Crippen molar-refractivity contribution in [2.45, 2.75) is 30.6 Å². The molecule has 10 heteroatoms. The summed E-state index contributed by atoms with van der Waals surface area (Å²) in [5.74, 6) is -0.412. The molecule has 0 bridgehead atoms. The van der Waals surface area contributed by atoms with Gasteiger partial charge in [0.05, 0.1) is 10.3 Å². The predicted molar refractivity (Wildman–Crippen MR) is 95.6 cm³/mol. The molecule has 0 heterocycles. The molecule has 0 aliphatic carbocycles. The molecule has 1 N–H and O–H groups in total. The SMILES string of the molecule is CC(C)(C)C(=O)Oc1ccc(S(=O)(=O)Oc2ccc(S(=O)(=O)O)cc2)cc1. The molecule has 0 radical (unpaired) electrons. The molecule has 0 fully saturated rings. The van der Waals surface area contributed by atoms with Crippen LogP contribution in [-0.4, -0.2) is 27.4 Å². The Morgan fingerprint density at radius 2 is 1.26 bits per heavy atom. The average Bonchev–Trinajstić information content (AvgIpc) is 2.53. The Morgan fingerprint density at radius 1 is 0.815 bits per heavy atom. The maximum absolute atomic E-state index is 12.3. The molecule has 0 spiro atoms. The van der Waals surface area contributed by atoms with Crippen molar-refractivity contribution in [1.82, 2.24) is 0 Å². The summed E-state index contributed by atoms with van der Waals surface area (Å²) in [7, 11) is -8.57. The highest BCUT2D eigenvalue weighted by molar-refractivity contribution is 7.87. The third-order valence-electron chi connectivity index (χ3n) is 3.26. The maximum Gasteiger partial charge on any atom is 0.339 e. The number of benzene rings is 2. The Hall–Kier alpha value is -2.43. The third-order valence-corrected chi connectivity index (χ3v) is 5.39. The minimum atomic E-state index is -4.39. The van der Waals surface area contributed by atoms with Gasteiger partial charge in [0.1, 0.15) is 16.4 Å². The van der Waals surface area contributed by atoms with Crippen LogP contribution in [0.3, 0.4) is 0 Å². The standard InChI is InChI=1S/C17H18O8S2/c1-17(2,3)16(18)24-12-4-10-15(11-5-12)27(22,23)25-13-6-8-14(9-7-13)26(19,20)21/h4-11H,1-3H3,(H,19,20,21). The molecule has 0 aromatic heterocycles. The summed E-state index contributed by atoms with van der Waals surface area (Å²) < 4.78 is 65.5. The molecular formula is C17H18O8S2. The van der Waals surface area contributed by atoms with Gasteiger partial charge in [0.15, 0.2) is 0 Å². The predicted octanol–water partition coefficient (Wildman–Crippen LogP) is 2.65. The minimum absolute atomic E-state index is 0.134. The molecule has 0 aliphatic rings. The highest BCUT2D eigenvalue weighted by Crippen LogP contribution is 2.24. The molecule has 0 unspecified atom stereocenters. The van der Waals surface area contributed by atoms with Crippen molar-refractivity contribution in [2.75, 3.05) is 0 Å². The minimum Gasteiger partial charge on any atom is -0.426 e. The van der Waals surface area contributed by atoms with E-state index in [1.165, 1.54) is 24.3 Å². The first-order valence-corrected chi connectivity index (χ1v) is 10.5. The number of hydrogen-bond donors (Lipinski definition) is 1. The smallest absolute Gasteiger partial charge is 0.339 e. The fourth-order valence-corrected chi connectivity index (χ4v) is 3.19. The highest BCUT2D eigenvalue weighted by Gasteiger charge is 2.24. The summed E-state index contributed by atoms with van der Waals surface area (Å²) in [5, 5.41) is 0. The van der Waals surface area contributed by atoms with Gasteiger partial charge in [-0.25, -0.2) is 0 Å². The Balaban J connectivity index is 2.16. The molecule has 2 aromatic carbocycles. The van der Waals surface area contributed by atoms with Crippen LogP contribution in [0.15, 0.2) is 58.3 Å². The second-order valence-electron chi connectivity index (χ2n) is 6.59. The first kappa shape index (κ1) is 20.9. The molecule has 0 saturated heterocycles. The van der Waals surface area contributed by atoms with Crippen molar-refractivity contribution in [3.63, 3.8) is 0 Å². The Bertz CT molecular complexity index is 1030. The number of hydrogen-bond acceptors (Lipinski definition) is 7. The van der Waals surface area contributed by atoms with E-state index in [1.807, 2.05) is 0 Å². The van der Waals surface area contributed by atoms with E-state index in [0.717, 1.165) is 24.3 Å². The van der Waals surface area contributed by atoms with Gasteiger partial charge in [-0.3, -0.25) is 9.35 Å². The summed E-state index contributed by atoms with van der Waals surface area (Å²) in [6.07, 6.45) is 0. The third kappa shape index (κ3) is 5.52. The zero-order valence-electron chi connectivity index (χ0n) is 14.7. The fraction of sp³-hybridized carbons (Fsp3) is 0.235. The van der Waals surface area contributed by atoms with Crippen LogP contribution in [0, 0.1) is 5.41 Å². The van der Waals surface area contributed by atoms with Crippen LogP contribution < -0.4 is 8.92 Å². The summed E-state index contributed by atoms with van der Waals surface area (Å²) >= 11 is 0. The molecule has 8 nitrogen and oxygen atoms in total. The van der Waals surface area contributed by atoms with E-state index < -0.39 is 36.5 Å². The van der Waals surface area contributed by atoms with Crippen LogP contribution in [0.4, 0.5) is 0 Å². The largest absolute Gasteiger partial charge is 0.426 e. The van der Waals surface area contributed by atoms with Gasteiger partial charge < -0.3 is 8.92 Å². The van der Waals surface area contributed by atoms with E-state index in [9.17, 15) is 21.6 Å². The summed E-state index contributed by atoms with van der Waals surface area (Å²) in [5.41, 5.74) is -0.706. The molecule has 2 rings (SSSR count). The van der Waals surface area contributed by atoms with Gasteiger partial charge in [-0.15, -0.1) is 0 Å². The van der Waals surface area contributed by atoms with Crippen LogP contribution in [0.25, 0.3) is 0 Å². The molecule has 2 aromatic rings. The summed E-state index contributed by atoms with van der Waals surface area (Å²) in [4.78, 5) is 11.3. The van der Waals surface area contributed by atoms with Crippen molar-refractivity contribution in [3.05, 3.63) is 48.5 Å². The Kier molecular flexibility index (Phi) is 5.64. The number of rotatable bonds is 5. The van der Waals surface area contributed by atoms with Crippen molar-refractivity contribution < 1.29 is 35.1 Å². The summed E-state index contributed by atoms with van der Waals surface area (Å²) in [6, 6.07) is 9.29. The van der Waals surface area contributed by atoms with Gasteiger partial charge >= 0.3 is 16.1 Å². The molecule has 0 atom stereocenters. The first-order chi connectivity index (χ1) is 12.3. The van der Waals surface area contributed by atoms with Crippen molar-refractivity contribution in [3.8, 4) is 11.5 Å². The second-order valence-corrected chi connectivity index (χ2v) is 9.56. The van der Waals surface area contributed by atoms with E-state index in [-0.39, 0.29) is 16.4 Å². The molecule has 0 saturated carbocycles. The first-order valence-electron chi connectivity index (χ1n) is 7.63. The van der Waals surface area contributed by atoms with Gasteiger partial charge in [-0.1, -0.05) is 0 Å². The van der Waals surface area contributed by atoms with Crippen LogP contribution in [0.1, 0.15) is 20.8 Å². The lowest BCUT2D eigenvalue weighted by molar-refractivity contribution is -0.143. The van der Waals surface area contributed by atoms with Crippen LogP contribution in [0.5, 0.6) is 11.5 Å². The topological polar surface area (TPSA) is 124 Å². The second kappa shape index (κ2) is 7.29. The van der Waals surface area contributed by atoms with Crippen LogP contribution in [-0.2, 0) is 25.0 Å². The highest BCUT2D eigenvalue weighted by atomic mass is 32.2. The van der Waals surface area contributed by atoms with Gasteiger partial charge in [0.25, 0.3) is 10.1 Å². The van der Waals surface area contributed by atoms with Gasteiger partial charge in [0.2, 0.25) is 0 Å². The lowest BCUT2D eigenvalue weighted by Gasteiger charge is -2.16. The molecule has 0 aliphatic heterocycles. The number of esters is 1. The fourth-order valence-electron chi connectivity index (χ4n) is 1.78. The van der Waals surface area contributed by atoms with E-state index in [4.69, 9.17) is 13.5 Å². The van der Waals surface area contributed by atoms with Crippen molar-refractivity contribution in [2.24, 2.45) is 5.41 Å². The van der Waals surface area contributed by atoms with Crippen molar-refractivity contribution >= 4 is 26.2 Å². The lowest BCUT2D eigenvalue weighted by atomic mass is 9.97. The number of carbonyl (C=O) groups excluding carboxylic acids is 1. The molecule has 0 amide bonds. The Morgan fingerprint density at radius 3 is 1.70 bits per heavy atom. The molecule has 27 heavy (non-hydrogen) atoms. The summed E-state index contributed by atoms with van der Waals surface area (Å²) in [6.45, 7) is 5.07. The van der Waals surface area contributed by atoms with Gasteiger partial charge in [0, 0.05) is 0 Å². The lowest BCUT2D eigenvalue weighted by Crippen LogP contribution is -2.25. The van der Waals surface area contributed by atoms with E-state index in [2.05, 4.69) is 0 Å². The monoisotopic (exact) mass is 414 g/mol. The zero-order valence-corrected chi connectivity index (χ0v) is 16.4. The molecule has 146 valence electrons. The number of carbonyl (C=O) groups is 1. The number of ether oxygens (including phenoxy) is 1. The maximum atomic E-state index is 12.3. The van der Waals surface area contributed by atoms with Crippen LogP contribution in [0.2, 0.25) is 0 Å². The van der Waals surface area contributed by atoms with E-state index in [1.54, 1.807) is 20.8 Å². The van der Waals surface area contributed by atoms with Gasteiger partial charge in [-0.2, -0.15) is 16.8 Å². The zero-order chi connectivity index (χ0) is 20.5. The molecular weight excluding hydrogens is 396 g/mol. The average molecular weight is 414 g/mol. The normalized spacial score (nSPS) is 12.4. The van der Waals surface area contributed by atoms with E-state index >= 15 is 0 Å². The Labute approximate surface area is 157 Å².